The van der Waals surface area contributed by atoms with E-state index in [9.17, 15) is 13.0 Å². The highest BCUT2D eigenvalue weighted by Crippen LogP contribution is 2.40. The van der Waals surface area contributed by atoms with E-state index in [0.717, 1.165) is 44.1 Å². The maximum Gasteiger partial charge on any atom is 0.304 e. The van der Waals surface area contributed by atoms with Gasteiger partial charge in [-0.25, -0.2) is 0 Å². The van der Waals surface area contributed by atoms with Crippen molar-refractivity contribution in [2.24, 2.45) is 0 Å². The molecular weight excluding hydrogens is 490 g/mol. The van der Waals surface area contributed by atoms with Crippen LogP contribution in [-0.2, 0) is 21.4 Å². The Balaban J connectivity index is 1.80. The van der Waals surface area contributed by atoms with E-state index < -0.39 is 10.1 Å². The molecule has 0 bridgehead atoms. The fourth-order valence-corrected chi connectivity index (χ4v) is 6.05. The standard InChI is InChI=1S/C24H27N3O6S2/c1-14-10-20-22(16(3)25-14)23(32-5)26-27(20)13-17-6-7-18(21(12-17)33-9-8-31-4)19-11-15(2)34-24(19)35(28,29)30/h6-7,10-12H,8-9,13H2,1-5H3,(H,28,29,30). The molecule has 11 heteroatoms. The number of aromatic nitrogens is 3. The number of thiophene rings is 1. The molecule has 9 nitrogen and oxygen atoms in total. The molecule has 35 heavy (non-hydrogen) atoms. The van der Waals surface area contributed by atoms with Crippen molar-refractivity contribution in [3.8, 4) is 22.8 Å². The van der Waals surface area contributed by atoms with Gasteiger partial charge in [0, 0.05) is 28.8 Å². The molecular formula is C24H27N3O6S2. The summed E-state index contributed by atoms with van der Waals surface area (Å²) >= 11 is 1.02. The van der Waals surface area contributed by atoms with Crippen LogP contribution in [0, 0.1) is 20.8 Å². The van der Waals surface area contributed by atoms with Gasteiger partial charge in [-0.2, -0.15) is 8.42 Å². The fraction of sp³-hybridized carbons (Fsp3) is 0.333. The highest BCUT2D eigenvalue weighted by molar-refractivity contribution is 7.88. The van der Waals surface area contributed by atoms with E-state index in [-0.39, 0.29) is 10.8 Å². The second kappa shape index (κ2) is 9.94. The summed E-state index contributed by atoms with van der Waals surface area (Å²) in [5, 5.41) is 5.48. The van der Waals surface area contributed by atoms with Gasteiger partial charge in [-0.3, -0.25) is 14.2 Å². The Morgan fingerprint density at radius 3 is 2.51 bits per heavy atom. The predicted octanol–water partition coefficient (Wildman–Crippen LogP) is 4.41. The van der Waals surface area contributed by atoms with Crippen LogP contribution in [0.15, 0.2) is 34.5 Å². The number of rotatable bonds is 9. The molecule has 3 heterocycles. The summed E-state index contributed by atoms with van der Waals surface area (Å²) in [4.78, 5) is 5.29. The Morgan fingerprint density at radius 1 is 1.06 bits per heavy atom. The number of fused-ring (bicyclic) bond motifs is 1. The van der Waals surface area contributed by atoms with Gasteiger partial charge in [-0.15, -0.1) is 16.4 Å². The van der Waals surface area contributed by atoms with Gasteiger partial charge in [0.1, 0.15) is 12.4 Å². The highest BCUT2D eigenvalue weighted by atomic mass is 32.3. The van der Waals surface area contributed by atoms with Gasteiger partial charge >= 0.3 is 10.1 Å². The summed E-state index contributed by atoms with van der Waals surface area (Å²) in [7, 11) is -1.23. The summed E-state index contributed by atoms with van der Waals surface area (Å²) in [5.41, 5.74) is 4.48. The molecule has 0 saturated heterocycles. The van der Waals surface area contributed by atoms with Crippen molar-refractivity contribution >= 4 is 32.4 Å². The highest BCUT2D eigenvalue weighted by Gasteiger charge is 2.23. The van der Waals surface area contributed by atoms with Crippen LogP contribution in [0.2, 0.25) is 0 Å². The van der Waals surface area contributed by atoms with Crippen molar-refractivity contribution in [1.82, 2.24) is 14.8 Å². The fourth-order valence-electron chi connectivity index (χ4n) is 4.04. The third-order valence-electron chi connectivity index (χ3n) is 5.47. The third-order valence-corrected chi connectivity index (χ3v) is 7.89. The average Bonchev–Trinajstić information content (AvgIpc) is 3.35. The number of aryl methyl sites for hydroxylation is 3. The van der Waals surface area contributed by atoms with Crippen molar-refractivity contribution in [1.29, 1.82) is 0 Å². The summed E-state index contributed by atoms with van der Waals surface area (Å²) in [5.74, 6) is 0.990. The molecule has 4 rings (SSSR count). The number of nitrogens with zero attached hydrogens (tertiary/aromatic N) is 3. The third kappa shape index (κ3) is 5.18. The zero-order valence-corrected chi connectivity index (χ0v) is 21.8. The largest absolute Gasteiger partial charge is 0.491 e. The quantitative estimate of drug-likeness (QED) is 0.257. The lowest BCUT2D eigenvalue weighted by Crippen LogP contribution is -2.07. The minimum Gasteiger partial charge on any atom is -0.491 e. The molecule has 0 amide bonds. The number of methoxy groups -OCH3 is 2. The molecule has 1 N–H and O–H groups in total. The Labute approximate surface area is 208 Å². The first-order valence-electron chi connectivity index (χ1n) is 10.8. The van der Waals surface area contributed by atoms with Gasteiger partial charge in [-0.05, 0) is 44.5 Å². The van der Waals surface area contributed by atoms with Crippen LogP contribution in [0.4, 0.5) is 0 Å². The molecule has 0 aliphatic rings. The molecule has 0 aliphatic heterocycles. The number of hydrogen-bond donors (Lipinski definition) is 1. The molecule has 0 aliphatic carbocycles. The molecule has 3 aromatic heterocycles. The lowest BCUT2D eigenvalue weighted by atomic mass is 10.0. The van der Waals surface area contributed by atoms with Crippen molar-refractivity contribution in [3.63, 3.8) is 0 Å². The van der Waals surface area contributed by atoms with Crippen LogP contribution in [0.1, 0.15) is 21.8 Å². The van der Waals surface area contributed by atoms with Crippen LogP contribution in [0.25, 0.3) is 22.0 Å². The molecule has 4 aromatic rings. The second-order valence-electron chi connectivity index (χ2n) is 8.12. The Morgan fingerprint density at radius 2 is 1.83 bits per heavy atom. The molecule has 0 saturated carbocycles. The summed E-state index contributed by atoms with van der Waals surface area (Å²) < 4.78 is 52.1. The molecule has 0 fully saturated rings. The minimum atomic E-state index is -4.39. The first-order valence-corrected chi connectivity index (χ1v) is 13.1. The Bertz CT molecular complexity index is 1490. The maximum atomic E-state index is 12.0. The van der Waals surface area contributed by atoms with Crippen molar-refractivity contribution < 1.29 is 27.2 Å². The lowest BCUT2D eigenvalue weighted by Gasteiger charge is -2.14. The van der Waals surface area contributed by atoms with Crippen LogP contribution in [-0.4, -0.2) is 55.2 Å². The van der Waals surface area contributed by atoms with Crippen LogP contribution < -0.4 is 9.47 Å². The first kappa shape index (κ1) is 25.1. The summed E-state index contributed by atoms with van der Waals surface area (Å²) in [6.45, 7) is 6.72. The van der Waals surface area contributed by atoms with E-state index in [1.165, 1.54) is 0 Å². The molecule has 1 aromatic carbocycles. The number of hydrogen-bond acceptors (Lipinski definition) is 8. The van der Waals surface area contributed by atoms with Crippen LogP contribution in [0.3, 0.4) is 0 Å². The monoisotopic (exact) mass is 517 g/mol. The van der Waals surface area contributed by atoms with Gasteiger partial charge in [0.25, 0.3) is 0 Å². The van der Waals surface area contributed by atoms with Crippen molar-refractivity contribution in [2.75, 3.05) is 27.4 Å². The van der Waals surface area contributed by atoms with E-state index >= 15 is 0 Å². The molecule has 0 spiro atoms. The van der Waals surface area contributed by atoms with Crippen molar-refractivity contribution in [3.05, 3.63) is 52.2 Å². The predicted molar refractivity (Wildman–Crippen MR) is 134 cm³/mol. The average molecular weight is 518 g/mol. The Kier molecular flexibility index (Phi) is 7.13. The SMILES string of the molecule is COCCOc1cc(Cn2nc(OC)c3c(C)nc(C)cc32)ccc1-c1cc(C)sc1S(=O)(=O)O. The maximum absolute atomic E-state index is 12.0. The molecule has 0 radical (unpaired) electrons. The van der Waals surface area contributed by atoms with Gasteiger partial charge in [0.05, 0.1) is 36.9 Å². The zero-order chi connectivity index (χ0) is 25.3. The molecule has 0 unspecified atom stereocenters. The molecule has 0 atom stereocenters. The minimum absolute atomic E-state index is 0.111. The van der Waals surface area contributed by atoms with Crippen LogP contribution >= 0.6 is 11.3 Å². The number of ether oxygens (including phenoxy) is 3. The van der Waals surface area contributed by atoms with Gasteiger partial charge in [0.15, 0.2) is 4.21 Å². The lowest BCUT2D eigenvalue weighted by molar-refractivity contribution is 0.146. The van der Waals surface area contributed by atoms with Gasteiger partial charge in [0.2, 0.25) is 5.88 Å². The second-order valence-corrected chi connectivity index (χ2v) is 11.0. The number of pyridine rings is 1. The van der Waals surface area contributed by atoms with E-state index in [1.54, 1.807) is 33.3 Å². The van der Waals surface area contributed by atoms with E-state index in [4.69, 9.17) is 14.2 Å². The smallest absolute Gasteiger partial charge is 0.304 e. The van der Waals surface area contributed by atoms with Crippen molar-refractivity contribution in [2.45, 2.75) is 31.5 Å². The number of benzene rings is 1. The van der Waals surface area contributed by atoms with Gasteiger partial charge < -0.3 is 14.2 Å². The Hall–Kier alpha value is -2.99. The van der Waals surface area contributed by atoms with E-state index in [1.807, 2.05) is 36.7 Å². The normalized spacial score (nSPS) is 11.8. The first-order chi connectivity index (χ1) is 16.6. The van der Waals surface area contributed by atoms with Gasteiger partial charge in [-0.1, -0.05) is 12.1 Å². The van der Waals surface area contributed by atoms with E-state index in [2.05, 4.69) is 10.1 Å². The van der Waals surface area contributed by atoms with E-state index in [0.29, 0.717) is 35.9 Å². The van der Waals surface area contributed by atoms with Crippen LogP contribution in [0.5, 0.6) is 11.6 Å². The molecule has 186 valence electrons. The summed E-state index contributed by atoms with van der Waals surface area (Å²) in [6.07, 6.45) is 0. The zero-order valence-electron chi connectivity index (χ0n) is 20.2. The summed E-state index contributed by atoms with van der Waals surface area (Å²) in [6, 6.07) is 9.24. The topological polar surface area (TPSA) is 113 Å².